The van der Waals surface area contributed by atoms with E-state index >= 15 is 0 Å². The van der Waals surface area contributed by atoms with Gasteiger partial charge in [0, 0.05) is 11.1 Å². The van der Waals surface area contributed by atoms with Gasteiger partial charge in [0.25, 0.3) is 0 Å². The van der Waals surface area contributed by atoms with Crippen LogP contribution in [0.4, 0.5) is 4.39 Å². The Labute approximate surface area is 147 Å². The second-order valence-electron chi connectivity index (χ2n) is 6.88. The summed E-state index contributed by atoms with van der Waals surface area (Å²) in [5.74, 6) is 0.542. The molecule has 0 aromatic carbocycles. The van der Waals surface area contributed by atoms with E-state index in [1.54, 1.807) is 12.1 Å². The molecule has 0 fully saturated rings. The molecular weight excluding hydrogens is 329 g/mol. The Kier molecular flexibility index (Phi) is 5.78. The summed E-state index contributed by atoms with van der Waals surface area (Å²) in [5.41, 5.74) is 7.32. The lowest BCUT2D eigenvalue weighted by Crippen LogP contribution is -2.35. The Morgan fingerprint density at radius 3 is 2.71 bits per heavy atom. The molecule has 0 aliphatic heterocycles. The zero-order valence-corrected chi connectivity index (χ0v) is 15.2. The van der Waals surface area contributed by atoms with Gasteiger partial charge in [0.1, 0.15) is 10.9 Å². The lowest BCUT2D eigenvalue weighted by atomic mass is 9.93. The Balaban J connectivity index is 2.11. The van der Waals surface area contributed by atoms with Gasteiger partial charge in [0.05, 0.1) is 24.2 Å². The van der Waals surface area contributed by atoms with Crippen LogP contribution in [-0.4, -0.2) is 22.1 Å². The smallest absolute Gasteiger partial charge is 0.150 e. The highest BCUT2D eigenvalue weighted by atomic mass is 35.5. The van der Waals surface area contributed by atoms with Crippen LogP contribution in [0.2, 0.25) is 5.15 Å². The van der Waals surface area contributed by atoms with Crippen molar-refractivity contribution in [3.05, 3.63) is 41.1 Å². The van der Waals surface area contributed by atoms with E-state index in [0.29, 0.717) is 35.2 Å². The lowest BCUT2D eigenvalue weighted by Gasteiger charge is -2.23. The van der Waals surface area contributed by atoms with Crippen molar-refractivity contribution in [3.8, 4) is 17.0 Å². The molecule has 2 rings (SSSR count). The second-order valence-corrected chi connectivity index (χ2v) is 7.26. The fourth-order valence-corrected chi connectivity index (χ4v) is 2.81. The molecule has 2 N–H and O–H groups in total. The first kappa shape index (κ1) is 18.6. The van der Waals surface area contributed by atoms with Crippen molar-refractivity contribution >= 4 is 11.6 Å². The third kappa shape index (κ3) is 5.14. The van der Waals surface area contributed by atoms with Crippen LogP contribution >= 0.6 is 11.6 Å². The molecular formula is C18H23ClFN3O. The largest absolute Gasteiger partial charge is 0.491 e. The molecule has 1 atom stereocenters. The highest BCUT2D eigenvalue weighted by Gasteiger charge is 2.17. The average Bonchev–Trinajstić information content (AvgIpc) is 2.46. The third-order valence-electron chi connectivity index (χ3n) is 3.53. The van der Waals surface area contributed by atoms with Gasteiger partial charge in [-0.1, -0.05) is 18.5 Å². The molecule has 6 heteroatoms. The zero-order valence-electron chi connectivity index (χ0n) is 14.4. The van der Waals surface area contributed by atoms with E-state index in [4.69, 9.17) is 22.1 Å². The normalized spacial score (nSPS) is 13.0. The molecule has 2 heterocycles. The lowest BCUT2D eigenvalue weighted by molar-refractivity contribution is 0.227. The molecule has 0 amide bonds. The maximum absolute atomic E-state index is 13.9. The van der Waals surface area contributed by atoms with E-state index in [1.165, 1.54) is 6.07 Å². The number of ether oxygens (including phenoxy) is 1. The predicted octanol–water partition coefficient (Wildman–Crippen LogP) is 4.39. The van der Waals surface area contributed by atoms with Gasteiger partial charge in [-0.05, 0) is 51.3 Å². The summed E-state index contributed by atoms with van der Waals surface area (Å²) < 4.78 is 19.7. The molecule has 1 unspecified atom stereocenters. The van der Waals surface area contributed by atoms with Gasteiger partial charge in [0.15, 0.2) is 5.82 Å². The molecule has 24 heavy (non-hydrogen) atoms. The standard InChI is InChI=1S/C18H23ClFN3O/c1-11(8-18(3,4)21)10-24-16-6-5-15(23-12(16)2)13-7-17(19)22-9-14(13)20/h5-7,9,11H,8,10,21H2,1-4H3. The van der Waals surface area contributed by atoms with Gasteiger partial charge in [-0.3, -0.25) is 0 Å². The summed E-state index contributed by atoms with van der Waals surface area (Å²) in [6, 6.07) is 4.98. The van der Waals surface area contributed by atoms with Crippen LogP contribution in [0.5, 0.6) is 5.75 Å². The minimum atomic E-state index is -0.459. The van der Waals surface area contributed by atoms with Crippen LogP contribution in [-0.2, 0) is 0 Å². The molecule has 0 saturated heterocycles. The number of pyridine rings is 2. The summed E-state index contributed by atoms with van der Waals surface area (Å²) in [7, 11) is 0. The molecule has 0 aliphatic carbocycles. The van der Waals surface area contributed by atoms with Crippen molar-refractivity contribution in [2.45, 2.75) is 39.7 Å². The van der Waals surface area contributed by atoms with Gasteiger partial charge in [-0.15, -0.1) is 0 Å². The van der Waals surface area contributed by atoms with Crippen LogP contribution in [0.15, 0.2) is 24.4 Å². The minimum Gasteiger partial charge on any atom is -0.491 e. The second kappa shape index (κ2) is 7.45. The maximum Gasteiger partial charge on any atom is 0.150 e. The first-order valence-electron chi connectivity index (χ1n) is 7.86. The number of hydrogen-bond acceptors (Lipinski definition) is 4. The van der Waals surface area contributed by atoms with E-state index in [0.717, 1.165) is 12.6 Å². The number of halogens is 2. The first-order chi connectivity index (χ1) is 11.2. The molecule has 0 aliphatic rings. The minimum absolute atomic E-state index is 0.224. The van der Waals surface area contributed by atoms with Gasteiger partial charge < -0.3 is 10.5 Å². The Morgan fingerprint density at radius 1 is 1.38 bits per heavy atom. The SMILES string of the molecule is Cc1nc(-c2cc(Cl)ncc2F)ccc1OCC(C)CC(C)(C)N. The van der Waals surface area contributed by atoms with Crippen molar-refractivity contribution in [3.63, 3.8) is 0 Å². The van der Waals surface area contributed by atoms with Crippen LogP contribution in [0.1, 0.15) is 32.9 Å². The highest BCUT2D eigenvalue weighted by Crippen LogP contribution is 2.27. The molecule has 2 aromatic rings. The van der Waals surface area contributed by atoms with E-state index in [-0.39, 0.29) is 10.7 Å². The van der Waals surface area contributed by atoms with Crippen LogP contribution in [0.3, 0.4) is 0 Å². The van der Waals surface area contributed by atoms with Gasteiger partial charge >= 0.3 is 0 Å². The summed E-state index contributed by atoms with van der Waals surface area (Å²) in [4.78, 5) is 8.13. The summed E-state index contributed by atoms with van der Waals surface area (Å²) in [5, 5.41) is 0.226. The number of aromatic nitrogens is 2. The van der Waals surface area contributed by atoms with E-state index < -0.39 is 5.82 Å². The zero-order chi connectivity index (χ0) is 17.9. The topological polar surface area (TPSA) is 61.0 Å². The number of nitrogens with two attached hydrogens (primary N) is 1. The van der Waals surface area contributed by atoms with Crippen LogP contribution in [0.25, 0.3) is 11.3 Å². The molecule has 0 bridgehead atoms. The fraction of sp³-hybridized carbons (Fsp3) is 0.444. The van der Waals surface area contributed by atoms with Gasteiger partial charge in [0.2, 0.25) is 0 Å². The van der Waals surface area contributed by atoms with E-state index in [1.807, 2.05) is 20.8 Å². The number of rotatable bonds is 6. The number of hydrogen-bond donors (Lipinski definition) is 1. The van der Waals surface area contributed by atoms with E-state index in [2.05, 4.69) is 16.9 Å². The molecule has 2 aromatic heterocycles. The summed E-state index contributed by atoms with van der Waals surface area (Å²) >= 11 is 5.83. The maximum atomic E-state index is 13.9. The highest BCUT2D eigenvalue weighted by molar-refractivity contribution is 6.29. The molecule has 130 valence electrons. The quantitative estimate of drug-likeness (QED) is 0.784. The van der Waals surface area contributed by atoms with E-state index in [9.17, 15) is 4.39 Å². The molecule has 0 spiro atoms. The number of aryl methyl sites for hydroxylation is 1. The van der Waals surface area contributed by atoms with Crippen LogP contribution in [0, 0.1) is 18.7 Å². The van der Waals surface area contributed by atoms with Crippen molar-refractivity contribution in [2.75, 3.05) is 6.61 Å². The van der Waals surface area contributed by atoms with Crippen molar-refractivity contribution in [1.82, 2.24) is 9.97 Å². The summed E-state index contributed by atoms with van der Waals surface area (Å²) in [6.45, 7) is 8.48. The van der Waals surface area contributed by atoms with Gasteiger partial charge in [-0.2, -0.15) is 0 Å². The van der Waals surface area contributed by atoms with Gasteiger partial charge in [-0.25, -0.2) is 14.4 Å². The fourth-order valence-electron chi connectivity index (χ4n) is 2.65. The predicted molar refractivity (Wildman–Crippen MR) is 94.7 cm³/mol. The first-order valence-corrected chi connectivity index (χ1v) is 8.24. The molecule has 0 saturated carbocycles. The molecule has 4 nitrogen and oxygen atoms in total. The van der Waals surface area contributed by atoms with Crippen molar-refractivity contribution in [1.29, 1.82) is 0 Å². The Bertz CT molecular complexity index is 716. The monoisotopic (exact) mass is 351 g/mol. The number of nitrogens with zero attached hydrogens (tertiary/aromatic N) is 2. The third-order valence-corrected chi connectivity index (χ3v) is 3.74. The van der Waals surface area contributed by atoms with Crippen molar-refractivity contribution < 1.29 is 9.13 Å². The summed E-state index contributed by atoms with van der Waals surface area (Å²) in [6.07, 6.45) is 1.95. The van der Waals surface area contributed by atoms with Crippen LogP contribution < -0.4 is 10.5 Å². The average molecular weight is 352 g/mol. The Morgan fingerprint density at radius 2 is 2.08 bits per heavy atom. The van der Waals surface area contributed by atoms with Crippen molar-refractivity contribution in [2.24, 2.45) is 11.7 Å². The molecule has 0 radical (unpaired) electrons. The Hall–Kier alpha value is -1.72.